The number of fused-ring (bicyclic) bond motifs is 2. The van der Waals surface area contributed by atoms with Gasteiger partial charge in [-0.1, -0.05) is 23.4 Å². The van der Waals surface area contributed by atoms with Crippen molar-refractivity contribution in [1.82, 2.24) is 20.0 Å². The predicted octanol–water partition coefficient (Wildman–Crippen LogP) is 2.30. The average Bonchev–Trinajstić information content (AvgIpc) is 3.02. The molecule has 18 heavy (non-hydrogen) atoms. The molecule has 0 amide bonds. The lowest BCUT2D eigenvalue weighted by molar-refractivity contribution is 0.814. The average molecular weight is 236 g/mol. The monoisotopic (exact) mass is 236 g/mol. The molecule has 4 nitrogen and oxygen atoms in total. The number of para-hydroxylation sites is 1. The zero-order chi connectivity index (χ0) is 11.9. The fourth-order valence-electron chi connectivity index (χ4n) is 2.56. The fraction of sp³-hybridized carbons (Fsp3) is 0.214. The Hall–Kier alpha value is -2.23. The van der Waals surface area contributed by atoms with Gasteiger partial charge >= 0.3 is 0 Å². The molecule has 4 rings (SSSR count). The van der Waals surface area contributed by atoms with E-state index in [9.17, 15) is 0 Å². The molecule has 2 aromatic heterocycles. The zero-order valence-electron chi connectivity index (χ0n) is 9.87. The van der Waals surface area contributed by atoms with Crippen LogP contribution in [0.15, 0.2) is 36.4 Å². The molecule has 1 aromatic carbocycles. The van der Waals surface area contributed by atoms with E-state index in [0.29, 0.717) is 0 Å². The van der Waals surface area contributed by atoms with E-state index in [4.69, 9.17) is 4.98 Å². The van der Waals surface area contributed by atoms with Crippen LogP contribution < -0.4 is 0 Å². The van der Waals surface area contributed by atoms with Crippen LogP contribution in [-0.4, -0.2) is 20.0 Å². The molecule has 4 heteroatoms. The highest BCUT2D eigenvalue weighted by atomic mass is 15.4. The molecule has 88 valence electrons. The highest BCUT2D eigenvalue weighted by Gasteiger charge is 2.16. The second-order valence-electron chi connectivity index (χ2n) is 4.63. The highest BCUT2D eigenvalue weighted by molar-refractivity contribution is 5.73. The summed E-state index contributed by atoms with van der Waals surface area (Å²) < 4.78 is 1.81. The summed E-state index contributed by atoms with van der Waals surface area (Å²) >= 11 is 0. The van der Waals surface area contributed by atoms with Gasteiger partial charge < -0.3 is 0 Å². The Kier molecular flexibility index (Phi) is 1.97. The third kappa shape index (κ3) is 1.35. The molecular weight excluding hydrogens is 224 g/mol. The third-order valence-electron chi connectivity index (χ3n) is 3.45. The molecular formula is C14H12N4. The summed E-state index contributed by atoms with van der Waals surface area (Å²) in [5.74, 6) is 0. The molecule has 0 radical (unpaired) electrons. The lowest BCUT2D eigenvalue weighted by Crippen LogP contribution is -1.99. The van der Waals surface area contributed by atoms with E-state index in [-0.39, 0.29) is 0 Å². The van der Waals surface area contributed by atoms with Crippen molar-refractivity contribution in [3.63, 3.8) is 0 Å². The van der Waals surface area contributed by atoms with Crippen LogP contribution in [0.4, 0.5) is 0 Å². The van der Waals surface area contributed by atoms with Gasteiger partial charge in [0.05, 0.1) is 5.69 Å². The number of hydrogen-bond acceptors (Lipinski definition) is 3. The molecule has 0 saturated heterocycles. The minimum atomic E-state index is 0.863. The van der Waals surface area contributed by atoms with E-state index in [0.717, 1.165) is 29.7 Å². The summed E-state index contributed by atoms with van der Waals surface area (Å²) in [6, 6.07) is 12.2. The highest BCUT2D eigenvalue weighted by Crippen LogP contribution is 2.24. The SMILES string of the molecule is c1ccc(-n2nnc3cc4c(nc32)CCC4)cc1. The molecule has 0 fully saturated rings. The first-order chi connectivity index (χ1) is 8.92. The molecule has 2 heterocycles. The van der Waals surface area contributed by atoms with Gasteiger partial charge in [-0.3, -0.25) is 0 Å². The summed E-state index contributed by atoms with van der Waals surface area (Å²) in [6.45, 7) is 0. The van der Waals surface area contributed by atoms with Crippen LogP contribution in [0.25, 0.3) is 16.9 Å². The Labute approximate surface area is 104 Å². The Balaban J connectivity index is 1.98. The van der Waals surface area contributed by atoms with E-state index in [2.05, 4.69) is 16.4 Å². The predicted molar refractivity (Wildman–Crippen MR) is 68.7 cm³/mol. The van der Waals surface area contributed by atoms with Crippen molar-refractivity contribution in [1.29, 1.82) is 0 Å². The molecule has 1 aliphatic rings. The maximum atomic E-state index is 4.73. The molecule has 0 bridgehead atoms. The Morgan fingerprint density at radius 2 is 1.94 bits per heavy atom. The number of pyridine rings is 1. The third-order valence-corrected chi connectivity index (χ3v) is 3.45. The fourth-order valence-corrected chi connectivity index (χ4v) is 2.56. The number of aromatic nitrogens is 4. The Morgan fingerprint density at radius 3 is 2.83 bits per heavy atom. The largest absolute Gasteiger partial charge is 0.231 e. The number of aryl methyl sites for hydroxylation is 2. The number of rotatable bonds is 1. The standard InChI is InChI=1S/C14H12N4/c1-2-6-11(7-3-1)18-14-13(16-17-18)9-10-5-4-8-12(10)15-14/h1-3,6-7,9H,4-5,8H2. The van der Waals surface area contributed by atoms with Crippen molar-refractivity contribution in [3.05, 3.63) is 47.7 Å². The van der Waals surface area contributed by atoms with Gasteiger partial charge in [0, 0.05) is 5.69 Å². The van der Waals surface area contributed by atoms with Crippen molar-refractivity contribution in [2.75, 3.05) is 0 Å². The van der Waals surface area contributed by atoms with Crippen molar-refractivity contribution in [2.24, 2.45) is 0 Å². The number of benzene rings is 1. The second-order valence-corrected chi connectivity index (χ2v) is 4.63. The molecule has 0 N–H and O–H groups in total. The van der Waals surface area contributed by atoms with Crippen molar-refractivity contribution in [2.45, 2.75) is 19.3 Å². The van der Waals surface area contributed by atoms with E-state index in [1.807, 2.05) is 35.0 Å². The molecule has 0 atom stereocenters. The zero-order valence-corrected chi connectivity index (χ0v) is 9.87. The van der Waals surface area contributed by atoms with E-state index < -0.39 is 0 Å². The molecule has 0 saturated carbocycles. The van der Waals surface area contributed by atoms with Crippen LogP contribution in [-0.2, 0) is 12.8 Å². The van der Waals surface area contributed by atoms with Crippen molar-refractivity contribution >= 4 is 11.2 Å². The molecule has 0 spiro atoms. The second kappa shape index (κ2) is 3.63. The van der Waals surface area contributed by atoms with E-state index in [1.165, 1.54) is 17.7 Å². The van der Waals surface area contributed by atoms with Crippen LogP contribution in [0.5, 0.6) is 0 Å². The van der Waals surface area contributed by atoms with E-state index in [1.54, 1.807) is 0 Å². The quantitative estimate of drug-likeness (QED) is 0.651. The maximum Gasteiger partial charge on any atom is 0.183 e. The minimum absolute atomic E-state index is 0.863. The summed E-state index contributed by atoms with van der Waals surface area (Å²) in [5.41, 5.74) is 5.30. The van der Waals surface area contributed by atoms with Gasteiger partial charge in [0.25, 0.3) is 0 Å². The number of nitrogens with zero attached hydrogens (tertiary/aromatic N) is 4. The first-order valence-electron chi connectivity index (χ1n) is 6.21. The summed E-state index contributed by atoms with van der Waals surface area (Å²) in [5, 5.41) is 8.43. The summed E-state index contributed by atoms with van der Waals surface area (Å²) in [7, 11) is 0. The van der Waals surface area contributed by atoms with Crippen LogP contribution in [0.2, 0.25) is 0 Å². The van der Waals surface area contributed by atoms with Gasteiger partial charge in [-0.2, -0.15) is 4.68 Å². The molecule has 3 aromatic rings. The Bertz CT molecular complexity index is 715. The molecule has 0 aliphatic heterocycles. The van der Waals surface area contributed by atoms with Crippen LogP contribution in [0.1, 0.15) is 17.7 Å². The summed E-state index contributed by atoms with van der Waals surface area (Å²) in [4.78, 5) is 4.73. The van der Waals surface area contributed by atoms with Crippen molar-refractivity contribution < 1.29 is 0 Å². The first kappa shape index (κ1) is 9.76. The van der Waals surface area contributed by atoms with Crippen LogP contribution in [0.3, 0.4) is 0 Å². The van der Waals surface area contributed by atoms with Gasteiger partial charge in [0.1, 0.15) is 5.52 Å². The van der Waals surface area contributed by atoms with Gasteiger partial charge in [-0.15, -0.1) is 5.10 Å². The van der Waals surface area contributed by atoms with E-state index >= 15 is 0 Å². The first-order valence-corrected chi connectivity index (χ1v) is 6.21. The van der Waals surface area contributed by atoms with Gasteiger partial charge in [0.2, 0.25) is 0 Å². The number of hydrogen-bond donors (Lipinski definition) is 0. The van der Waals surface area contributed by atoms with Gasteiger partial charge in [-0.25, -0.2) is 4.98 Å². The van der Waals surface area contributed by atoms with Crippen LogP contribution in [0, 0.1) is 0 Å². The minimum Gasteiger partial charge on any atom is -0.231 e. The van der Waals surface area contributed by atoms with Gasteiger partial charge in [-0.05, 0) is 43.0 Å². The smallest absolute Gasteiger partial charge is 0.183 e. The topological polar surface area (TPSA) is 43.6 Å². The maximum absolute atomic E-state index is 4.73. The Morgan fingerprint density at radius 1 is 1.06 bits per heavy atom. The lowest BCUT2D eigenvalue weighted by Gasteiger charge is -2.02. The van der Waals surface area contributed by atoms with Crippen molar-refractivity contribution in [3.8, 4) is 5.69 Å². The lowest BCUT2D eigenvalue weighted by atomic mass is 10.2. The molecule has 1 aliphatic carbocycles. The van der Waals surface area contributed by atoms with Gasteiger partial charge in [0.15, 0.2) is 5.65 Å². The normalized spacial score (nSPS) is 14.0. The molecule has 0 unspecified atom stereocenters. The summed E-state index contributed by atoms with van der Waals surface area (Å²) in [6.07, 6.45) is 3.40. The van der Waals surface area contributed by atoms with Crippen LogP contribution >= 0.6 is 0 Å².